The molecular formula is C59H38N2. The molecule has 2 nitrogen and oxygen atoms in total. The fraction of sp³-hybridized carbons (Fsp3) is 0.0508. The van der Waals surface area contributed by atoms with Gasteiger partial charge < -0.3 is 8.80 Å². The first-order valence-electron chi connectivity index (χ1n) is 21.4. The van der Waals surface area contributed by atoms with E-state index in [1.807, 2.05) is 0 Å². The number of fused-ring (bicyclic) bond motifs is 14. The summed E-state index contributed by atoms with van der Waals surface area (Å²) in [7, 11) is 0. The fourth-order valence-corrected chi connectivity index (χ4v) is 11.8. The van der Waals surface area contributed by atoms with Gasteiger partial charge in [0.1, 0.15) is 0 Å². The Labute approximate surface area is 351 Å². The molecule has 0 N–H and O–H groups in total. The third-order valence-electron chi connectivity index (χ3n) is 14.0. The van der Waals surface area contributed by atoms with E-state index in [9.17, 15) is 0 Å². The lowest BCUT2D eigenvalue weighted by Crippen LogP contribution is -1.93. The van der Waals surface area contributed by atoms with Gasteiger partial charge in [-0.2, -0.15) is 0 Å². The second-order valence-corrected chi connectivity index (χ2v) is 17.4. The van der Waals surface area contributed by atoms with Crippen molar-refractivity contribution < 1.29 is 0 Å². The maximum absolute atomic E-state index is 2.56. The standard InChI is InChI=1S/C59H38N2/c1-33-28-34(2)52(35(3)29-33)57-40-17-8-7-16-37(40)31-50-56(57)47-27-26-41(54-45-19-10-12-23-49(45)61(50)59(47)54)38-24-25-42-39(30-38)32-51-55(53(42)36-14-5-4-6-15-36)46-21-13-20-44-43-18-9-11-22-48(43)60(51)58(44)46/h4-32H,1-3H3. The average Bonchev–Trinajstić information content (AvgIpc) is 4.02. The van der Waals surface area contributed by atoms with Crippen LogP contribution in [-0.4, -0.2) is 8.80 Å². The minimum absolute atomic E-state index is 1.23. The van der Waals surface area contributed by atoms with Crippen LogP contribution in [0.4, 0.5) is 0 Å². The third-order valence-corrected chi connectivity index (χ3v) is 14.0. The van der Waals surface area contributed by atoms with Gasteiger partial charge in [-0.25, -0.2) is 0 Å². The lowest BCUT2D eigenvalue weighted by atomic mass is 9.87. The largest absolute Gasteiger partial charge is 0.308 e. The van der Waals surface area contributed by atoms with E-state index in [2.05, 4.69) is 205 Å². The van der Waals surface area contributed by atoms with Crippen molar-refractivity contribution in [1.82, 2.24) is 8.80 Å². The number of aromatic nitrogens is 2. The Morgan fingerprint density at radius 1 is 0.311 bits per heavy atom. The summed E-state index contributed by atoms with van der Waals surface area (Å²) in [5.74, 6) is 0. The van der Waals surface area contributed by atoms with E-state index in [-0.39, 0.29) is 0 Å². The molecule has 0 aliphatic carbocycles. The van der Waals surface area contributed by atoms with Crippen molar-refractivity contribution >= 4 is 97.7 Å². The summed E-state index contributed by atoms with van der Waals surface area (Å²) in [6, 6.07) is 66.3. The SMILES string of the molecule is Cc1cc(C)c(-c2c3ccccc3cc3c2c2ccc(-c4ccc5c(-c6ccccc6)c6c7cccc8c9ccccc9n(c6cc5c4)c87)c4c5ccccc5n3c24)c(C)c1. The highest BCUT2D eigenvalue weighted by atomic mass is 14.9. The van der Waals surface area contributed by atoms with Gasteiger partial charge in [-0.15, -0.1) is 0 Å². The summed E-state index contributed by atoms with van der Waals surface area (Å²) in [4.78, 5) is 0. The van der Waals surface area contributed by atoms with Gasteiger partial charge in [-0.05, 0) is 112 Å². The molecule has 14 aromatic rings. The summed E-state index contributed by atoms with van der Waals surface area (Å²) in [5, 5.41) is 15.5. The van der Waals surface area contributed by atoms with Crippen LogP contribution >= 0.6 is 0 Å². The van der Waals surface area contributed by atoms with Crippen molar-refractivity contribution in [3.63, 3.8) is 0 Å². The minimum Gasteiger partial charge on any atom is -0.308 e. The Balaban J connectivity index is 1.11. The smallest absolute Gasteiger partial charge is 0.0626 e. The summed E-state index contributed by atoms with van der Waals surface area (Å²) in [6.45, 7) is 6.77. The van der Waals surface area contributed by atoms with Gasteiger partial charge in [0.05, 0.1) is 33.1 Å². The highest BCUT2D eigenvalue weighted by Gasteiger charge is 2.26. The van der Waals surface area contributed by atoms with Crippen molar-refractivity contribution in [2.24, 2.45) is 0 Å². The summed E-state index contributed by atoms with van der Waals surface area (Å²) in [6.07, 6.45) is 0. The summed E-state index contributed by atoms with van der Waals surface area (Å²) < 4.78 is 5.09. The van der Waals surface area contributed by atoms with Gasteiger partial charge in [0.25, 0.3) is 0 Å². The molecule has 0 radical (unpaired) electrons. The zero-order valence-electron chi connectivity index (χ0n) is 34.1. The van der Waals surface area contributed by atoms with Crippen LogP contribution in [0.25, 0.3) is 131 Å². The second-order valence-electron chi connectivity index (χ2n) is 17.4. The number of hydrogen-bond acceptors (Lipinski definition) is 0. The lowest BCUT2D eigenvalue weighted by Gasteiger charge is -2.17. The average molecular weight is 775 g/mol. The molecule has 14 rings (SSSR count). The Hall–Kier alpha value is -7.68. The first kappa shape index (κ1) is 33.2. The number of benzene rings is 10. The molecule has 0 fully saturated rings. The van der Waals surface area contributed by atoms with Crippen molar-refractivity contribution in [3.8, 4) is 33.4 Å². The molecule has 0 atom stereocenters. The van der Waals surface area contributed by atoms with E-state index >= 15 is 0 Å². The monoisotopic (exact) mass is 774 g/mol. The first-order chi connectivity index (χ1) is 30.0. The maximum atomic E-state index is 2.56. The van der Waals surface area contributed by atoms with Crippen molar-refractivity contribution in [1.29, 1.82) is 0 Å². The van der Waals surface area contributed by atoms with Gasteiger partial charge in [-0.3, -0.25) is 0 Å². The zero-order chi connectivity index (χ0) is 40.2. The quantitative estimate of drug-likeness (QED) is 0.169. The Kier molecular flexibility index (Phi) is 6.39. The van der Waals surface area contributed by atoms with Crippen LogP contribution in [0.2, 0.25) is 0 Å². The number of rotatable bonds is 3. The van der Waals surface area contributed by atoms with Gasteiger partial charge in [0.2, 0.25) is 0 Å². The minimum atomic E-state index is 1.23. The molecule has 0 aliphatic rings. The Bertz CT molecular complexity index is 4160. The molecule has 61 heavy (non-hydrogen) atoms. The van der Waals surface area contributed by atoms with Crippen LogP contribution in [0.5, 0.6) is 0 Å². The van der Waals surface area contributed by atoms with E-state index < -0.39 is 0 Å². The molecule has 0 saturated carbocycles. The van der Waals surface area contributed by atoms with Gasteiger partial charge >= 0.3 is 0 Å². The van der Waals surface area contributed by atoms with E-state index in [1.165, 1.54) is 148 Å². The predicted octanol–water partition coefficient (Wildman–Crippen LogP) is 16.2. The number of hydrogen-bond donors (Lipinski definition) is 0. The number of para-hydroxylation sites is 3. The molecule has 0 bridgehead atoms. The molecule has 0 amide bonds. The molecule has 10 aromatic carbocycles. The van der Waals surface area contributed by atoms with Crippen LogP contribution in [0.3, 0.4) is 0 Å². The van der Waals surface area contributed by atoms with Gasteiger partial charge in [0, 0.05) is 48.7 Å². The molecule has 0 saturated heterocycles. The molecule has 284 valence electrons. The Morgan fingerprint density at radius 2 is 0.885 bits per heavy atom. The molecule has 0 unspecified atom stereocenters. The van der Waals surface area contributed by atoms with Crippen LogP contribution in [-0.2, 0) is 0 Å². The Morgan fingerprint density at radius 3 is 1.69 bits per heavy atom. The lowest BCUT2D eigenvalue weighted by molar-refractivity contribution is 1.33. The fourth-order valence-electron chi connectivity index (χ4n) is 11.8. The van der Waals surface area contributed by atoms with Crippen molar-refractivity contribution in [2.75, 3.05) is 0 Å². The van der Waals surface area contributed by atoms with Crippen molar-refractivity contribution in [3.05, 3.63) is 193 Å². The van der Waals surface area contributed by atoms with Gasteiger partial charge in [0.15, 0.2) is 0 Å². The predicted molar refractivity (Wildman–Crippen MR) is 261 cm³/mol. The number of nitrogens with zero attached hydrogens (tertiary/aromatic N) is 2. The van der Waals surface area contributed by atoms with Crippen LogP contribution < -0.4 is 0 Å². The van der Waals surface area contributed by atoms with E-state index in [0.717, 1.165) is 0 Å². The van der Waals surface area contributed by atoms with Crippen LogP contribution in [0.15, 0.2) is 176 Å². The maximum Gasteiger partial charge on any atom is 0.0626 e. The molecule has 2 heteroatoms. The first-order valence-corrected chi connectivity index (χ1v) is 21.4. The molecule has 0 spiro atoms. The normalized spacial score (nSPS) is 12.5. The third kappa shape index (κ3) is 4.21. The highest BCUT2D eigenvalue weighted by molar-refractivity contribution is 6.33. The van der Waals surface area contributed by atoms with Crippen LogP contribution in [0, 0.1) is 20.8 Å². The molecule has 4 heterocycles. The van der Waals surface area contributed by atoms with Gasteiger partial charge in [-0.1, -0.05) is 151 Å². The summed E-state index contributed by atoms with van der Waals surface area (Å²) in [5.41, 5.74) is 19.3. The molecular weight excluding hydrogens is 737 g/mol. The van der Waals surface area contributed by atoms with E-state index in [0.29, 0.717) is 0 Å². The van der Waals surface area contributed by atoms with E-state index in [4.69, 9.17) is 0 Å². The summed E-state index contributed by atoms with van der Waals surface area (Å²) >= 11 is 0. The highest BCUT2D eigenvalue weighted by Crippen LogP contribution is 2.51. The number of aryl methyl sites for hydroxylation is 3. The molecule has 0 aliphatic heterocycles. The zero-order valence-corrected chi connectivity index (χ0v) is 34.1. The second kappa shape index (κ2) is 11.7. The van der Waals surface area contributed by atoms with Crippen LogP contribution in [0.1, 0.15) is 16.7 Å². The van der Waals surface area contributed by atoms with E-state index in [1.54, 1.807) is 0 Å². The molecule has 4 aromatic heterocycles. The van der Waals surface area contributed by atoms with Crippen molar-refractivity contribution in [2.45, 2.75) is 20.8 Å². The topological polar surface area (TPSA) is 8.82 Å².